The van der Waals surface area contributed by atoms with Crippen molar-refractivity contribution in [2.24, 2.45) is 0 Å². The zero-order chi connectivity index (χ0) is 15.3. The predicted molar refractivity (Wildman–Crippen MR) is 62.4 cm³/mol. The molecule has 0 bridgehead atoms. The third-order valence-electron chi connectivity index (χ3n) is 2.38. The summed E-state index contributed by atoms with van der Waals surface area (Å²) in [5.41, 5.74) is -0.380. The molecule has 1 amide bonds. The van der Waals surface area contributed by atoms with Crippen LogP contribution in [0.1, 0.15) is 20.7 Å². The van der Waals surface area contributed by atoms with Gasteiger partial charge in [-0.2, -0.15) is 13.2 Å². The molecule has 0 aliphatic rings. The zero-order valence-electron chi connectivity index (χ0n) is 10.2. The third-order valence-corrected chi connectivity index (χ3v) is 2.38. The number of hydrogen-bond acceptors (Lipinski definition) is 3. The maximum Gasteiger partial charge on any atom is 0.406 e. The number of amides is 1. The van der Waals surface area contributed by atoms with E-state index >= 15 is 0 Å². The predicted octanol–water partition coefficient (Wildman–Crippen LogP) is 1.38. The van der Waals surface area contributed by atoms with Gasteiger partial charge in [0, 0.05) is 12.1 Å². The van der Waals surface area contributed by atoms with Crippen LogP contribution in [0.25, 0.3) is 0 Å². The van der Waals surface area contributed by atoms with E-state index < -0.39 is 37.7 Å². The maximum absolute atomic E-state index is 12.3. The number of aliphatic hydroxyl groups is 1. The Morgan fingerprint density at radius 1 is 1.20 bits per heavy atom. The van der Waals surface area contributed by atoms with Gasteiger partial charge in [0.2, 0.25) is 0 Å². The molecule has 0 fully saturated rings. The number of aliphatic hydroxyl groups excluding tert-OH is 1. The van der Waals surface area contributed by atoms with Crippen molar-refractivity contribution in [3.8, 4) is 0 Å². The van der Waals surface area contributed by atoms with Gasteiger partial charge in [0.05, 0.1) is 12.2 Å². The Hall–Kier alpha value is -2.09. The van der Waals surface area contributed by atoms with Gasteiger partial charge < -0.3 is 15.1 Å². The highest BCUT2D eigenvalue weighted by molar-refractivity contribution is 5.97. The van der Waals surface area contributed by atoms with E-state index in [1.54, 1.807) is 0 Å². The molecule has 1 aromatic rings. The van der Waals surface area contributed by atoms with Gasteiger partial charge in [-0.25, -0.2) is 4.79 Å². The van der Waals surface area contributed by atoms with Crippen molar-refractivity contribution >= 4 is 11.9 Å². The molecular formula is C12H12F3NO4. The van der Waals surface area contributed by atoms with Crippen molar-refractivity contribution in [1.29, 1.82) is 0 Å². The van der Waals surface area contributed by atoms with Gasteiger partial charge in [0.25, 0.3) is 5.91 Å². The van der Waals surface area contributed by atoms with Gasteiger partial charge in [-0.3, -0.25) is 4.79 Å². The second kappa shape index (κ2) is 6.38. The minimum Gasteiger partial charge on any atom is -0.478 e. The van der Waals surface area contributed by atoms with E-state index in [4.69, 9.17) is 10.2 Å². The van der Waals surface area contributed by atoms with Crippen LogP contribution in [0, 0.1) is 0 Å². The summed E-state index contributed by atoms with van der Waals surface area (Å²) < 4.78 is 37.0. The average molecular weight is 291 g/mol. The van der Waals surface area contributed by atoms with Crippen LogP contribution in [0.3, 0.4) is 0 Å². The van der Waals surface area contributed by atoms with E-state index in [0.717, 1.165) is 6.07 Å². The van der Waals surface area contributed by atoms with Gasteiger partial charge in [-0.1, -0.05) is 6.07 Å². The molecule has 0 aliphatic carbocycles. The van der Waals surface area contributed by atoms with Crippen LogP contribution in [0.15, 0.2) is 24.3 Å². The van der Waals surface area contributed by atoms with Crippen LogP contribution in [-0.4, -0.2) is 52.9 Å². The van der Waals surface area contributed by atoms with Gasteiger partial charge in [-0.15, -0.1) is 0 Å². The largest absolute Gasteiger partial charge is 0.478 e. The fourth-order valence-corrected chi connectivity index (χ4v) is 1.56. The number of carbonyl (C=O) groups excluding carboxylic acids is 1. The maximum atomic E-state index is 12.3. The Morgan fingerprint density at radius 3 is 2.30 bits per heavy atom. The molecule has 5 nitrogen and oxygen atoms in total. The van der Waals surface area contributed by atoms with E-state index in [2.05, 4.69) is 0 Å². The minimum atomic E-state index is -4.60. The van der Waals surface area contributed by atoms with Crippen molar-refractivity contribution < 1.29 is 33.0 Å². The SMILES string of the molecule is O=C(O)c1cccc(C(=O)N(CCO)CC(F)(F)F)c1. The molecular weight excluding hydrogens is 279 g/mol. The van der Waals surface area contributed by atoms with Gasteiger partial charge >= 0.3 is 12.1 Å². The van der Waals surface area contributed by atoms with E-state index in [1.165, 1.54) is 18.2 Å². The number of hydrogen-bond donors (Lipinski definition) is 2. The number of nitrogens with zero attached hydrogens (tertiary/aromatic N) is 1. The van der Waals surface area contributed by atoms with E-state index in [9.17, 15) is 22.8 Å². The van der Waals surface area contributed by atoms with Gasteiger partial charge in [0.1, 0.15) is 6.54 Å². The molecule has 0 saturated carbocycles. The van der Waals surface area contributed by atoms with E-state index in [-0.39, 0.29) is 11.1 Å². The molecule has 0 radical (unpaired) electrons. The molecule has 1 aromatic carbocycles. The first kappa shape index (κ1) is 16.0. The second-order valence-corrected chi connectivity index (χ2v) is 3.95. The molecule has 0 saturated heterocycles. The summed E-state index contributed by atoms with van der Waals surface area (Å²) >= 11 is 0. The van der Waals surface area contributed by atoms with Crippen molar-refractivity contribution in [2.45, 2.75) is 6.18 Å². The van der Waals surface area contributed by atoms with Crippen LogP contribution in [0.4, 0.5) is 13.2 Å². The minimum absolute atomic E-state index is 0.178. The Labute approximate surface area is 112 Å². The first-order chi connectivity index (χ1) is 9.24. The highest BCUT2D eigenvalue weighted by Crippen LogP contribution is 2.18. The Balaban J connectivity index is 3.00. The number of benzene rings is 1. The lowest BCUT2D eigenvalue weighted by Crippen LogP contribution is -2.40. The van der Waals surface area contributed by atoms with Crippen LogP contribution in [0.5, 0.6) is 0 Å². The molecule has 0 unspecified atom stereocenters. The quantitative estimate of drug-likeness (QED) is 0.859. The molecule has 110 valence electrons. The van der Waals surface area contributed by atoms with Crippen LogP contribution >= 0.6 is 0 Å². The Kier molecular flexibility index (Phi) is 5.09. The summed E-state index contributed by atoms with van der Waals surface area (Å²) in [4.78, 5) is 23.1. The topological polar surface area (TPSA) is 77.8 Å². The summed E-state index contributed by atoms with van der Waals surface area (Å²) in [6, 6.07) is 4.70. The number of rotatable bonds is 5. The highest BCUT2D eigenvalue weighted by atomic mass is 19.4. The van der Waals surface area contributed by atoms with Crippen molar-refractivity contribution in [3.05, 3.63) is 35.4 Å². The summed E-state index contributed by atoms with van der Waals surface area (Å²) in [6.07, 6.45) is -4.60. The zero-order valence-corrected chi connectivity index (χ0v) is 10.2. The fraction of sp³-hybridized carbons (Fsp3) is 0.333. The third kappa shape index (κ3) is 4.54. The first-order valence-electron chi connectivity index (χ1n) is 5.55. The number of carbonyl (C=O) groups is 2. The summed E-state index contributed by atoms with van der Waals surface area (Å²) in [5, 5.41) is 17.5. The molecule has 0 aromatic heterocycles. The molecule has 0 atom stereocenters. The number of carboxylic acid groups (broad SMARTS) is 1. The monoisotopic (exact) mass is 291 g/mol. The normalized spacial score (nSPS) is 11.2. The average Bonchev–Trinajstić information content (AvgIpc) is 2.36. The second-order valence-electron chi connectivity index (χ2n) is 3.95. The molecule has 0 aliphatic heterocycles. The van der Waals surface area contributed by atoms with Crippen molar-refractivity contribution in [1.82, 2.24) is 4.90 Å². The molecule has 2 N–H and O–H groups in total. The molecule has 20 heavy (non-hydrogen) atoms. The lowest BCUT2D eigenvalue weighted by Gasteiger charge is -2.23. The van der Waals surface area contributed by atoms with Crippen molar-refractivity contribution in [2.75, 3.05) is 19.7 Å². The number of carboxylic acids is 1. The Bertz CT molecular complexity index is 502. The lowest BCUT2D eigenvalue weighted by atomic mass is 10.1. The highest BCUT2D eigenvalue weighted by Gasteiger charge is 2.33. The van der Waals surface area contributed by atoms with Crippen LogP contribution in [-0.2, 0) is 0 Å². The molecule has 1 rings (SSSR count). The van der Waals surface area contributed by atoms with Gasteiger partial charge in [-0.05, 0) is 18.2 Å². The fourth-order valence-electron chi connectivity index (χ4n) is 1.56. The molecule has 8 heteroatoms. The standard InChI is InChI=1S/C12H12F3NO4/c13-12(14,15)7-16(4-5-17)10(18)8-2-1-3-9(6-8)11(19)20/h1-3,6,17H,4-5,7H2,(H,19,20). The summed E-state index contributed by atoms with van der Waals surface area (Å²) in [6.45, 7) is -2.63. The van der Waals surface area contributed by atoms with Gasteiger partial charge in [0.15, 0.2) is 0 Å². The van der Waals surface area contributed by atoms with E-state index in [1.807, 2.05) is 0 Å². The van der Waals surface area contributed by atoms with Crippen LogP contribution in [0.2, 0.25) is 0 Å². The Morgan fingerprint density at radius 2 is 1.80 bits per heavy atom. The van der Waals surface area contributed by atoms with E-state index in [0.29, 0.717) is 4.90 Å². The molecule has 0 spiro atoms. The molecule has 0 heterocycles. The smallest absolute Gasteiger partial charge is 0.406 e. The summed E-state index contributed by atoms with van der Waals surface area (Å²) in [7, 11) is 0. The van der Waals surface area contributed by atoms with Crippen molar-refractivity contribution in [3.63, 3.8) is 0 Å². The van der Waals surface area contributed by atoms with Crippen LogP contribution < -0.4 is 0 Å². The number of alkyl halides is 3. The summed E-state index contributed by atoms with van der Waals surface area (Å²) in [5.74, 6) is -2.27. The number of aromatic carboxylic acids is 1. The lowest BCUT2D eigenvalue weighted by molar-refractivity contribution is -0.141. The first-order valence-corrected chi connectivity index (χ1v) is 5.55. The number of halogens is 3.